The number of hydrogen-bond donors (Lipinski definition) is 2. The molecule has 1 unspecified atom stereocenters. The summed E-state index contributed by atoms with van der Waals surface area (Å²) in [5, 5.41) is 13.0. The zero-order chi connectivity index (χ0) is 12.8. The molecule has 0 bridgehead atoms. The molecular formula is C15H29NO2. The average Bonchev–Trinajstić information content (AvgIpc) is 2.85. The second-order valence-corrected chi connectivity index (χ2v) is 6.31. The molecule has 0 heterocycles. The fourth-order valence-electron chi connectivity index (χ4n) is 3.84. The monoisotopic (exact) mass is 255 g/mol. The van der Waals surface area contributed by atoms with E-state index >= 15 is 0 Å². The van der Waals surface area contributed by atoms with Crippen molar-refractivity contribution in [3.8, 4) is 0 Å². The molecule has 0 saturated heterocycles. The van der Waals surface area contributed by atoms with Crippen LogP contribution in [0.2, 0.25) is 0 Å². The molecule has 2 fully saturated rings. The lowest BCUT2D eigenvalue weighted by molar-refractivity contribution is 0.129. The maximum absolute atomic E-state index is 9.37. The summed E-state index contributed by atoms with van der Waals surface area (Å²) >= 11 is 0. The van der Waals surface area contributed by atoms with Gasteiger partial charge in [-0.1, -0.05) is 12.8 Å². The molecule has 0 aliphatic heterocycles. The Balaban J connectivity index is 1.71. The maximum atomic E-state index is 9.37. The second-order valence-electron chi connectivity index (χ2n) is 6.31. The van der Waals surface area contributed by atoms with Gasteiger partial charge in [-0.15, -0.1) is 0 Å². The highest BCUT2D eigenvalue weighted by molar-refractivity contribution is 4.91. The second kappa shape index (κ2) is 6.88. The van der Waals surface area contributed by atoms with Gasteiger partial charge in [0.25, 0.3) is 0 Å². The van der Waals surface area contributed by atoms with Crippen LogP contribution in [-0.4, -0.2) is 37.5 Å². The maximum Gasteiger partial charge on any atom is 0.0585 e. The molecule has 2 N–H and O–H groups in total. The predicted molar refractivity (Wildman–Crippen MR) is 73.7 cm³/mol. The lowest BCUT2D eigenvalue weighted by atomic mass is 9.71. The Morgan fingerprint density at radius 3 is 2.44 bits per heavy atom. The first-order valence-electron chi connectivity index (χ1n) is 7.64. The summed E-state index contributed by atoms with van der Waals surface area (Å²) in [6, 6.07) is 0.831. The van der Waals surface area contributed by atoms with E-state index in [2.05, 4.69) is 5.32 Å². The van der Waals surface area contributed by atoms with E-state index in [-0.39, 0.29) is 12.6 Å². The van der Waals surface area contributed by atoms with E-state index in [0.29, 0.717) is 11.5 Å². The van der Waals surface area contributed by atoms with Gasteiger partial charge in [0.15, 0.2) is 0 Å². The minimum atomic E-state index is 0.215. The summed E-state index contributed by atoms with van der Waals surface area (Å²) in [4.78, 5) is 0. The van der Waals surface area contributed by atoms with Crippen LogP contribution in [0.3, 0.4) is 0 Å². The lowest BCUT2D eigenvalue weighted by Crippen LogP contribution is -2.44. The minimum Gasteiger partial charge on any atom is -0.395 e. The summed E-state index contributed by atoms with van der Waals surface area (Å²) in [7, 11) is 1.72. The summed E-state index contributed by atoms with van der Waals surface area (Å²) in [5.74, 6) is 0. The third-order valence-corrected chi connectivity index (χ3v) is 5.07. The van der Waals surface area contributed by atoms with Crippen LogP contribution in [0.1, 0.15) is 57.8 Å². The van der Waals surface area contributed by atoms with Crippen molar-refractivity contribution in [2.24, 2.45) is 5.41 Å². The van der Waals surface area contributed by atoms with Crippen molar-refractivity contribution < 1.29 is 9.84 Å². The van der Waals surface area contributed by atoms with Gasteiger partial charge in [0.1, 0.15) is 0 Å². The summed E-state index contributed by atoms with van der Waals surface area (Å²) in [6.07, 6.45) is 12.1. The van der Waals surface area contributed by atoms with Gasteiger partial charge in [0.2, 0.25) is 0 Å². The number of aliphatic hydroxyl groups is 1. The zero-order valence-electron chi connectivity index (χ0n) is 11.8. The molecule has 3 heteroatoms. The molecule has 106 valence electrons. The summed E-state index contributed by atoms with van der Waals surface area (Å²) < 4.78 is 5.09. The third-order valence-electron chi connectivity index (χ3n) is 5.07. The molecule has 0 aromatic heterocycles. The van der Waals surface area contributed by atoms with Gasteiger partial charge < -0.3 is 15.2 Å². The first kappa shape index (κ1) is 14.3. The number of ether oxygens (including phenoxy) is 1. The van der Waals surface area contributed by atoms with Crippen molar-refractivity contribution in [1.29, 1.82) is 0 Å². The molecular weight excluding hydrogens is 226 g/mol. The van der Waals surface area contributed by atoms with E-state index in [1.165, 1.54) is 51.4 Å². The van der Waals surface area contributed by atoms with Crippen molar-refractivity contribution >= 4 is 0 Å². The van der Waals surface area contributed by atoms with Gasteiger partial charge in [0, 0.05) is 25.8 Å². The van der Waals surface area contributed by atoms with Gasteiger partial charge >= 0.3 is 0 Å². The van der Waals surface area contributed by atoms with E-state index < -0.39 is 0 Å². The van der Waals surface area contributed by atoms with Crippen molar-refractivity contribution in [2.75, 3.05) is 20.3 Å². The van der Waals surface area contributed by atoms with Gasteiger partial charge in [0.05, 0.1) is 6.61 Å². The first-order valence-corrected chi connectivity index (χ1v) is 7.64. The van der Waals surface area contributed by atoms with Crippen LogP contribution in [0.5, 0.6) is 0 Å². The topological polar surface area (TPSA) is 41.5 Å². The highest BCUT2D eigenvalue weighted by Crippen LogP contribution is 2.48. The van der Waals surface area contributed by atoms with Crippen molar-refractivity contribution in [1.82, 2.24) is 5.32 Å². The highest BCUT2D eigenvalue weighted by atomic mass is 16.5. The van der Waals surface area contributed by atoms with E-state index in [0.717, 1.165) is 13.0 Å². The predicted octanol–water partition coefficient (Wildman–Crippen LogP) is 2.48. The van der Waals surface area contributed by atoms with Crippen LogP contribution >= 0.6 is 0 Å². The zero-order valence-corrected chi connectivity index (χ0v) is 11.8. The van der Waals surface area contributed by atoms with Crippen LogP contribution in [0, 0.1) is 5.41 Å². The standard InChI is InChI=1S/C15H29NO2/c1-18-11-6-14(12-17)16-13-4-9-15(10-5-13)7-2-3-8-15/h13-14,16-17H,2-12H2,1H3. The molecule has 0 aromatic rings. The number of hydrogen-bond acceptors (Lipinski definition) is 3. The number of aliphatic hydroxyl groups excluding tert-OH is 1. The molecule has 2 rings (SSSR count). The van der Waals surface area contributed by atoms with Crippen LogP contribution in [0.15, 0.2) is 0 Å². The fourth-order valence-corrected chi connectivity index (χ4v) is 3.84. The van der Waals surface area contributed by atoms with E-state index in [1.54, 1.807) is 7.11 Å². The van der Waals surface area contributed by atoms with Gasteiger partial charge in [-0.3, -0.25) is 0 Å². The Morgan fingerprint density at radius 1 is 1.22 bits per heavy atom. The van der Waals surface area contributed by atoms with E-state index in [9.17, 15) is 5.11 Å². The van der Waals surface area contributed by atoms with Crippen molar-refractivity contribution in [3.63, 3.8) is 0 Å². The Kier molecular flexibility index (Phi) is 5.46. The smallest absolute Gasteiger partial charge is 0.0585 e. The third kappa shape index (κ3) is 3.69. The summed E-state index contributed by atoms with van der Waals surface area (Å²) in [5.41, 5.74) is 0.708. The molecule has 0 aromatic carbocycles. The molecule has 0 amide bonds. The van der Waals surface area contributed by atoms with Crippen molar-refractivity contribution in [3.05, 3.63) is 0 Å². The van der Waals surface area contributed by atoms with Gasteiger partial charge in [-0.05, 0) is 50.4 Å². The van der Waals surface area contributed by atoms with Crippen LogP contribution in [0.4, 0.5) is 0 Å². The summed E-state index contributed by atoms with van der Waals surface area (Å²) in [6.45, 7) is 0.958. The largest absolute Gasteiger partial charge is 0.395 e. The molecule has 18 heavy (non-hydrogen) atoms. The van der Waals surface area contributed by atoms with Crippen LogP contribution in [-0.2, 0) is 4.74 Å². The minimum absolute atomic E-state index is 0.215. The Bertz CT molecular complexity index is 229. The van der Waals surface area contributed by atoms with E-state index in [1.807, 2.05) is 0 Å². The van der Waals surface area contributed by atoms with Gasteiger partial charge in [-0.2, -0.15) is 0 Å². The molecule has 2 aliphatic carbocycles. The SMILES string of the molecule is COCCC(CO)NC1CCC2(CCCC2)CC1. The average molecular weight is 255 g/mol. The van der Waals surface area contributed by atoms with Crippen molar-refractivity contribution in [2.45, 2.75) is 69.9 Å². The molecule has 0 radical (unpaired) electrons. The van der Waals surface area contributed by atoms with Crippen LogP contribution in [0.25, 0.3) is 0 Å². The van der Waals surface area contributed by atoms with Gasteiger partial charge in [-0.25, -0.2) is 0 Å². The quantitative estimate of drug-likeness (QED) is 0.766. The fraction of sp³-hybridized carbons (Fsp3) is 1.00. The molecule has 3 nitrogen and oxygen atoms in total. The van der Waals surface area contributed by atoms with Crippen LogP contribution < -0.4 is 5.32 Å². The van der Waals surface area contributed by atoms with E-state index in [4.69, 9.17) is 4.74 Å². The molecule has 2 saturated carbocycles. The highest BCUT2D eigenvalue weighted by Gasteiger charge is 2.37. The number of rotatable bonds is 6. The molecule has 1 spiro atoms. The Morgan fingerprint density at radius 2 is 1.89 bits per heavy atom. The molecule has 2 aliphatic rings. The normalized spacial score (nSPS) is 25.7. The Labute approximate surface area is 111 Å². The molecule has 1 atom stereocenters. The number of nitrogens with one attached hydrogen (secondary N) is 1. The number of methoxy groups -OCH3 is 1. The lowest BCUT2D eigenvalue weighted by Gasteiger charge is -2.38. The first-order chi connectivity index (χ1) is 8.78. The Hall–Kier alpha value is -0.120.